The number of aromatic nitrogens is 5. The van der Waals surface area contributed by atoms with Crippen molar-refractivity contribution in [2.24, 2.45) is 0 Å². The smallest absolute Gasteiger partial charge is 0.249 e. The summed E-state index contributed by atoms with van der Waals surface area (Å²) in [6.45, 7) is 0.438. The largest absolute Gasteiger partial charge is 0.390 e. The average molecular weight is 465 g/mol. The number of H-pyrrole nitrogens is 1. The molecule has 3 aromatic heterocycles. The number of fused-ring (bicyclic) bond motifs is 1. The Labute approximate surface area is 195 Å². The maximum absolute atomic E-state index is 13.1. The van der Waals surface area contributed by atoms with Crippen LogP contribution in [0.2, 0.25) is 0 Å². The number of anilines is 4. The number of aromatic amines is 1. The van der Waals surface area contributed by atoms with E-state index in [-0.39, 0.29) is 0 Å². The molecule has 1 saturated heterocycles. The van der Waals surface area contributed by atoms with E-state index in [1.54, 1.807) is 4.90 Å². The van der Waals surface area contributed by atoms with Crippen molar-refractivity contribution in [1.82, 2.24) is 25.1 Å². The Hall–Kier alpha value is -3.60. The van der Waals surface area contributed by atoms with Crippen molar-refractivity contribution in [3.05, 3.63) is 47.3 Å². The summed E-state index contributed by atoms with van der Waals surface area (Å²) in [5.41, 5.74) is 3.50. The summed E-state index contributed by atoms with van der Waals surface area (Å²) in [5.74, 6) is 1.31. The van der Waals surface area contributed by atoms with Gasteiger partial charge in [-0.2, -0.15) is 14.5 Å². The molecule has 3 aliphatic rings. The zero-order valence-corrected chi connectivity index (χ0v) is 18.5. The lowest BCUT2D eigenvalue weighted by Crippen LogP contribution is -2.46. The van der Waals surface area contributed by atoms with E-state index in [4.69, 9.17) is 9.97 Å². The van der Waals surface area contributed by atoms with Crippen LogP contribution in [-0.2, 0) is 17.6 Å². The van der Waals surface area contributed by atoms with Crippen LogP contribution in [0, 0.1) is 5.95 Å². The Kier molecular flexibility index (Phi) is 5.13. The number of pyridine rings is 1. The number of rotatable bonds is 6. The second-order valence-corrected chi connectivity index (χ2v) is 9.11. The molecule has 2 unspecified atom stereocenters. The molecule has 4 N–H and O–H groups in total. The van der Waals surface area contributed by atoms with Gasteiger partial charge in [0.1, 0.15) is 11.9 Å². The Morgan fingerprint density at radius 1 is 1.21 bits per heavy atom. The predicted molar refractivity (Wildman–Crippen MR) is 122 cm³/mol. The van der Waals surface area contributed by atoms with Gasteiger partial charge in [-0.05, 0) is 50.7 Å². The Bertz CT molecular complexity index is 1230. The molecule has 10 nitrogen and oxygen atoms in total. The SMILES string of the molecule is O=C(Nc1ccc(F)nc1)C1C(O)CCN1c1nc2c(c(Nc3cc(C4CC4)[nH]n3)n1)CCC2. The van der Waals surface area contributed by atoms with E-state index in [2.05, 4.69) is 25.8 Å². The Morgan fingerprint density at radius 2 is 2.09 bits per heavy atom. The monoisotopic (exact) mass is 464 g/mol. The van der Waals surface area contributed by atoms with Gasteiger partial charge in [0, 0.05) is 29.8 Å². The highest BCUT2D eigenvalue weighted by atomic mass is 19.1. The molecule has 176 valence electrons. The number of halogens is 1. The van der Waals surface area contributed by atoms with Gasteiger partial charge in [-0.15, -0.1) is 0 Å². The number of nitrogens with one attached hydrogen (secondary N) is 3. The lowest BCUT2D eigenvalue weighted by Gasteiger charge is -2.26. The molecule has 6 rings (SSSR count). The average Bonchev–Trinajstić information content (AvgIpc) is 3.19. The summed E-state index contributed by atoms with van der Waals surface area (Å²) in [6.07, 6.45) is 5.84. The molecule has 4 heterocycles. The third-order valence-electron chi connectivity index (χ3n) is 6.67. The van der Waals surface area contributed by atoms with Gasteiger partial charge in [0.15, 0.2) is 5.82 Å². The van der Waals surface area contributed by atoms with E-state index >= 15 is 0 Å². The fourth-order valence-electron chi connectivity index (χ4n) is 4.76. The number of nitrogens with zero attached hydrogens (tertiary/aromatic N) is 5. The van der Waals surface area contributed by atoms with Crippen LogP contribution in [0.15, 0.2) is 24.4 Å². The van der Waals surface area contributed by atoms with Gasteiger partial charge < -0.3 is 20.6 Å². The third-order valence-corrected chi connectivity index (χ3v) is 6.67. The number of aryl methyl sites for hydroxylation is 1. The fourth-order valence-corrected chi connectivity index (χ4v) is 4.76. The van der Waals surface area contributed by atoms with Crippen LogP contribution in [0.5, 0.6) is 0 Å². The standard InChI is InChI=1S/C23H25FN8O2/c24-18-7-6-13(11-25-18)26-22(34)20-17(33)8-9-32(20)23-27-15-3-1-2-14(15)21(29-23)28-19-10-16(30-31-19)12-4-5-12/h6-7,10-12,17,20,33H,1-5,8-9H2,(H,26,34)(H2,27,28,29,30,31). The van der Waals surface area contributed by atoms with E-state index in [0.29, 0.717) is 42.2 Å². The van der Waals surface area contributed by atoms with Crippen molar-refractivity contribution >= 4 is 29.2 Å². The zero-order valence-electron chi connectivity index (χ0n) is 18.5. The normalized spacial score (nSPS) is 21.5. The number of carbonyl (C=O) groups excluding carboxylic acids is 1. The maximum Gasteiger partial charge on any atom is 0.249 e. The number of amides is 1. The van der Waals surface area contributed by atoms with E-state index < -0.39 is 24.0 Å². The first-order valence-electron chi connectivity index (χ1n) is 11.6. The highest BCUT2D eigenvalue weighted by molar-refractivity contribution is 5.97. The van der Waals surface area contributed by atoms with Gasteiger partial charge >= 0.3 is 0 Å². The fraction of sp³-hybridized carbons (Fsp3) is 0.435. The molecule has 34 heavy (non-hydrogen) atoms. The summed E-state index contributed by atoms with van der Waals surface area (Å²) in [4.78, 5) is 27.9. The molecule has 1 amide bonds. The summed E-state index contributed by atoms with van der Waals surface area (Å²) in [7, 11) is 0. The maximum atomic E-state index is 13.1. The molecular weight excluding hydrogens is 439 g/mol. The third kappa shape index (κ3) is 3.96. The summed E-state index contributed by atoms with van der Waals surface area (Å²) in [5, 5.41) is 24.2. The number of carbonyl (C=O) groups is 1. The molecular formula is C23H25FN8O2. The highest BCUT2D eigenvalue weighted by Crippen LogP contribution is 2.40. The molecule has 11 heteroatoms. The first-order valence-corrected chi connectivity index (χ1v) is 11.6. The topological polar surface area (TPSA) is 132 Å². The van der Waals surface area contributed by atoms with Gasteiger partial charge in [-0.25, -0.2) is 9.97 Å². The molecule has 0 bridgehead atoms. The van der Waals surface area contributed by atoms with Crippen molar-refractivity contribution < 1.29 is 14.3 Å². The first-order chi connectivity index (χ1) is 16.5. The van der Waals surface area contributed by atoms with Gasteiger partial charge in [-0.3, -0.25) is 9.89 Å². The second-order valence-electron chi connectivity index (χ2n) is 9.11. The van der Waals surface area contributed by atoms with Gasteiger partial charge in [0.25, 0.3) is 0 Å². The van der Waals surface area contributed by atoms with Gasteiger partial charge in [0.05, 0.1) is 23.7 Å². The molecule has 2 aliphatic carbocycles. The summed E-state index contributed by atoms with van der Waals surface area (Å²) in [6, 6.07) is 3.75. The van der Waals surface area contributed by atoms with Crippen molar-refractivity contribution in [2.75, 3.05) is 22.1 Å². The lowest BCUT2D eigenvalue weighted by atomic mass is 10.1. The molecule has 0 aromatic carbocycles. The van der Waals surface area contributed by atoms with Crippen LogP contribution in [0.3, 0.4) is 0 Å². The van der Waals surface area contributed by atoms with E-state index in [0.717, 1.165) is 36.2 Å². The van der Waals surface area contributed by atoms with Gasteiger partial charge in [0.2, 0.25) is 17.8 Å². The van der Waals surface area contributed by atoms with Crippen LogP contribution >= 0.6 is 0 Å². The molecule has 0 radical (unpaired) electrons. The quantitative estimate of drug-likeness (QED) is 0.409. The van der Waals surface area contributed by atoms with Crippen molar-refractivity contribution in [3.63, 3.8) is 0 Å². The first kappa shape index (κ1) is 21.0. The molecule has 3 aromatic rings. The molecule has 2 fully saturated rings. The van der Waals surface area contributed by atoms with Crippen molar-refractivity contribution in [1.29, 1.82) is 0 Å². The highest BCUT2D eigenvalue weighted by Gasteiger charge is 2.40. The van der Waals surface area contributed by atoms with Crippen molar-refractivity contribution in [3.8, 4) is 0 Å². The van der Waals surface area contributed by atoms with E-state index in [1.165, 1.54) is 31.2 Å². The molecule has 1 aliphatic heterocycles. The number of hydrogen-bond donors (Lipinski definition) is 4. The Balaban J connectivity index is 1.28. The molecule has 0 spiro atoms. The second kappa shape index (κ2) is 8.32. The van der Waals surface area contributed by atoms with Crippen LogP contribution in [0.4, 0.5) is 27.7 Å². The number of hydrogen-bond acceptors (Lipinski definition) is 8. The Morgan fingerprint density at radius 3 is 2.88 bits per heavy atom. The zero-order chi connectivity index (χ0) is 23.2. The summed E-state index contributed by atoms with van der Waals surface area (Å²) >= 11 is 0. The number of aliphatic hydroxyl groups excluding tert-OH is 1. The molecule has 2 atom stereocenters. The van der Waals surface area contributed by atoms with Crippen molar-refractivity contribution in [2.45, 2.75) is 56.6 Å². The van der Waals surface area contributed by atoms with E-state index in [1.807, 2.05) is 6.07 Å². The summed E-state index contributed by atoms with van der Waals surface area (Å²) < 4.78 is 13.1. The number of aliphatic hydroxyl groups is 1. The van der Waals surface area contributed by atoms with Crippen LogP contribution < -0.4 is 15.5 Å². The predicted octanol–water partition coefficient (Wildman–Crippen LogP) is 2.42. The van der Waals surface area contributed by atoms with Crippen LogP contribution in [0.1, 0.15) is 48.6 Å². The minimum absolute atomic E-state index is 0.354. The van der Waals surface area contributed by atoms with E-state index in [9.17, 15) is 14.3 Å². The minimum atomic E-state index is -0.880. The van der Waals surface area contributed by atoms with Crippen LogP contribution in [0.25, 0.3) is 0 Å². The lowest BCUT2D eigenvalue weighted by molar-refractivity contribution is -0.119. The van der Waals surface area contributed by atoms with Gasteiger partial charge in [-0.1, -0.05) is 0 Å². The minimum Gasteiger partial charge on any atom is -0.390 e. The molecule has 1 saturated carbocycles. The van der Waals surface area contributed by atoms with Crippen LogP contribution in [-0.4, -0.2) is 54.9 Å².